The molecule has 0 unspecified atom stereocenters. The molecule has 1 fully saturated rings. The van der Waals surface area contributed by atoms with Gasteiger partial charge in [0.2, 0.25) is 5.91 Å². The maximum absolute atomic E-state index is 13.1. The molecule has 0 atom stereocenters. The minimum absolute atomic E-state index is 0.0454. The summed E-state index contributed by atoms with van der Waals surface area (Å²) in [6.07, 6.45) is 0.716. The van der Waals surface area contributed by atoms with Crippen LogP contribution < -0.4 is 4.90 Å². The summed E-state index contributed by atoms with van der Waals surface area (Å²) in [5.74, 6) is -0.0795. The Hall–Kier alpha value is -2.09. The second-order valence-corrected chi connectivity index (χ2v) is 9.43. The number of aromatic nitrogens is 2. The molecule has 7 heteroatoms. The quantitative estimate of drug-likeness (QED) is 0.669. The van der Waals surface area contributed by atoms with E-state index in [0.29, 0.717) is 24.5 Å². The number of hydrogen-bond donors (Lipinski definition) is 1. The van der Waals surface area contributed by atoms with E-state index in [1.165, 1.54) is 16.9 Å². The monoisotopic (exact) mass is 413 g/mol. The first-order chi connectivity index (χ1) is 13.4. The first kappa shape index (κ1) is 19.2. The molecule has 1 N–H and O–H groups in total. The smallest absolute Gasteiger partial charge is 0.232 e. The molecule has 2 aromatic heterocycles. The van der Waals surface area contributed by atoms with E-state index in [-0.39, 0.29) is 17.9 Å². The zero-order valence-corrected chi connectivity index (χ0v) is 17.8. The average Bonchev–Trinajstić information content (AvgIpc) is 3.24. The Balaban J connectivity index is 1.64. The summed E-state index contributed by atoms with van der Waals surface area (Å²) < 4.78 is 0. The molecule has 28 heavy (non-hydrogen) atoms. The van der Waals surface area contributed by atoms with Gasteiger partial charge in [-0.2, -0.15) is 0 Å². The molecule has 1 amide bonds. The fourth-order valence-electron chi connectivity index (χ4n) is 3.39. The number of aryl methyl sites for hydroxylation is 3. The lowest BCUT2D eigenvalue weighted by Gasteiger charge is -2.34. The molecule has 0 aliphatic heterocycles. The van der Waals surface area contributed by atoms with Gasteiger partial charge in [0.25, 0.3) is 0 Å². The fraction of sp³-hybridized carbons (Fsp3) is 0.381. The van der Waals surface area contributed by atoms with Gasteiger partial charge in [-0.1, -0.05) is 29.8 Å². The number of thiazole rings is 2. The maximum atomic E-state index is 13.1. The maximum Gasteiger partial charge on any atom is 0.232 e. The number of rotatable bonds is 5. The minimum atomic E-state index is -0.357. The third-order valence-corrected chi connectivity index (χ3v) is 7.01. The van der Waals surface area contributed by atoms with Gasteiger partial charge >= 0.3 is 0 Å². The van der Waals surface area contributed by atoms with Gasteiger partial charge in [0.1, 0.15) is 0 Å². The number of carbonyl (C=O) groups is 1. The van der Waals surface area contributed by atoms with E-state index in [1.807, 2.05) is 19.2 Å². The van der Waals surface area contributed by atoms with Gasteiger partial charge in [0.05, 0.1) is 33.9 Å². The van der Waals surface area contributed by atoms with Gasteiger partial charge in [-0.15, -0.1) is 22.7 Å². The highest BCUT2D eigenvalue weighted by atomic mass is 32.1. The normalized spacial score (nSPS) is 18.7. The van der Waals surface area contributed by atoms with E-state index in [0.717, 1.165) is 26.8 Å². The predicted molar refractivity (Wildman–Crippen MR) is 114 cm³/mol. The fourth-order valence-corrected chi connectivity index (χ4v) is 5.16. The van der Waals surface area contributed by atoms with E-state index in [2.05, 4.69) is 36.2 Å². The summed E-state index contributed by atoms with van der Waals surface area (Å²) >= 11 is 3.11. The number of anilines is 1. The Labute approximate surface area is 172 Å². The number of hydrogen-bond acceptors (Lipinski definition) is 6. The van der Waals surface area contributed by atoms with Crippen molar-refractivity contribution in [1.29, 1.82) is 0 Å². The largest absolute Gasteiger partial charge is 0.393 e. The lowest BCUT2D eigenvalue weighted by atomic mass is 9.81. The van der Waals surface area contributed by atoms with Gasteiger partial charge in [0, 0.05) is 11.3 Å². The van der Waals surface area contributed by atoms with Crippen molar-refractivity contribution >= 4 is 33.7 Å². The van der Waals surface area contributed by atoms with Crippen LogP contribution in [0.4, 0.5) is 5.13 Å². The average molecular weight is 414 g/mol. The van der Waals surface area contributed by atoms with Crippen LogP contribution in [0.5, 0.6) is 0 Å². The van der Waals surface area contributed by atoms with Crippen LogP contribution in [0.15, 0.2) is 29.6 Å². The first-order valence-electron chi connectivity index (χ1n) is 9.35. The molecule has 2 heterocycles. The SMILES string of the molecule is Cc1ccc(CN(c2nc(-c3sc(C)nc3C)cs2)C(=O)[C@H]2C[C@H](O)C2)cc1. The summed E-state index contributed by atoms with van der Waals surface area (Å²) in [5.41, 5.74) is 4.10. The summed E-state index contributed by atoms with van der Waals surface area (Å²) in [7, 11) is 0. The van der Waals surface area contributed by atoms with Crippen molar-refractivity contribution in [1.82, 2.24) is 9.97 Å². The highest BCUT2D eigenvalue weighted by molar-refractivity contribution is 7.16. The third-order valence-electron chi connectivity index (χ3n) is 5.05. The molecule has 146 valence electrons. The highest BCUT2D eigenvalue weighted by Gasteiger charge is 2.37. The Bertz CT molecular complexity index is 988. The molecule has 1 aliphatic rings. The molecular weight excluding hydrogens is 390 g/mol. The zero-order chi connectivity index (χ0) is 19.8. The van der Waals surface area contributed by atoms with Crippen molar-refractivity contribution in [3.05, 3.63) is 51.5 Å². The van der Waals surface area contributed by atoms with Gasteiger partial charge in [0.15, 0.2) is 5.13 Å². The molecule has 0 saturated heterocycles. The molecule has 1 aromatic carbocycles. The van der Waals surface area contributed by atoms with Crippen molar-refractivity contribution in [2.45, 2.75) is 46.3 Å². The highest BCUT2D eigenvalue weighted by Crippen LogP contribution is 2.36. The van der Waals surface area contributed by atoms with Crippen LogP contribution in [0.2, 0.25) is 0 Å². The Morgan fingerprint density at radius 2 is 1.89 bits per heavy atom. The molecule has 0 radical (unpaired) electrons. The van der Waals surface area contributed by atoms with E-state index >= 15 is 0 Å². The lowest BCUT2D eigenvalue weighted by molar-refractivity contribution is -0.128. The van der Waals surface area contributed by atoms with Gasteiger partial charge in [-0.05, 0) is 39.2 Å². The van der Waals surface area contributed by atoms with Crippen molar-refractivity contribution < 1.29 is 9.90 Å². The first-order valence-corrected chi connectivity index (χ1v) is 11.0. The van der Waals surface area contributed by atoms with Crippen molar-refractivity contribution in [2.75, 3.05) is 4.90 Å². The van der Waals surface area contributed by atoms with Crippen LogP contribution in [0.1, 0.15) is 34.7 Å². The van der Waals surface area contributed by atoms with Crippen LogP contribution in [0.3, 0.4) is 0 Å². The number of aliphatic hydroxyl groups is 1. The second-order valence-electron chi connectivity index (χ2n) is 7.39. The molecule has 4 rings (SSSR count). The van der Waals surface area contributed by atoms with Crippen LogP contribution in [0, 0.1) is 26.7 Å². The number of benzene rings is 1. The van der Waals surface area contributed by atoms with E-state index < -0.39 is 0 Å². The number of carbonyl (C=O) groups excluding carboxylic acids is 1. The summed E-state index contributed by atoms with van der Waals surface area (Å²) in [6, 6.07) is 8.22. The van der Waals surface area contributed by atoms with Crippen LogP contribution in [-0.2, 0) is 11.3 Å². The Kier molecular flexibility index (Phi) is 5.31. The summed E-state index contributed by atoms with van der Waals surface area (Å²) in [4.78, 5) is 25.2. The summed E-state index contributed by atoms with van der Waals surface area (Å²) in [5, 5.41) is 13.3. The number of amides is 1. The number of aliphatic hydroxyl groups excluding tert-OH is 1. The standard InChI is InChI=1S/C21H23N3O2S2/c1-12-4-6-15(7-5-12)10-24(20(26)16-8-17(25)9-16)21-23-18(11-27-21)19-13(2)22-14(3)28-19/h4-7,11,16-17,25H,8-10H2,1-3H3/t16-,17-. The Morgan fingerprint density at radius 3 is 2.50 bits per heavy atom. The third kappa shape index (κ3) is 3.87. The number of nitrogens with zero attached hydrogens (tertiary/aromatic N) is 3. The van der Waals surface area contributed by atoms with E-state index in [4.69, 9.17) is 4.98 Å². The lowest BCUT2D eigenvalue weighted by Crippen LogP contribution is -2.43. The molecule has 0 bridgehead atoms. The van der Waals surface area contributed by atoms with Crippen molar-refractivity contribution in [2.24, 2.45) is 5.92 Å². The van der Waals surface area contributed by atoms with Gasteiger partial charge < -0.3 is 5.11 Å². The van der Waals surface area contributed by atoms with Crippen LogP contribution in [-0.4, -0.2) is 27.1 Å². The molecule has 1 saturated carbocycles. The molecule has 1 aliphatic carbocycles. The molecule has 0 spiro atoms. The minimum Gasteiger partial charge on any atom is -0.393 e. The van der Waals surface area contributed by atoms with Crippen molar-refractivity contribution in [3.8, 4) is 10.6 Å². The van der Waals surface area contributed by atoms with Crippen LogP contribution in [0.25, 0.3) is 10.6 Å². The molecule has 5 nitrogen and oxygen atoms in total. The van der Waals surface area contributed by atoms with Crippen molar-refractivity contribution in [3.63, 3.8) is 0 Å². The Morgan fingerprint density at radius 1 is 1.18 bits per heavy atom. The molecular formula is C21H23N3O2S2. The van der Waals surface area contributed by atoms with Gasteiger partial charge in [-0.25, -0.2) is 9.97 Å². The second kappa shape index (κ2) is 7.73. The van der Waals surface area contributed by atoms with Crippen LogP contribution >= 0.6 is 22.7 Å². The zero-order valence-electron chi connectivity index (χ0n) is 16.2. The topological polar surface area (TPSA) is 66.3 Å². The van der Waals surface area contributed by atoms with Gasteiger partial charge in [-0.3, -0.25) is 9.69 Å². The predicted octanol–water partition coefficient (Wildman–Crippen LogP) is 4.50. The summed E-state index contributed by atoms with van der Waals surface area (Å²) in [6.45, 7) is 6.51. The van der Waals surface area contributed by atoms with E-state index in [1.54, 1.807) is 16.2 Å². The van der Waals surface area contributed by atoms with E-state index in [9.17, 15) is 9.90 Å². The molecule has 3 aromatic rings.